The monoisotopic (exact) mass is 254 g/mol. The lowest BCUT2D eigenvalue weighted by molar-refractivity contribution is 0.628. The molecule has 0 atom stereocenters. The van der Waals surface area contributed by atoms with Gasteiger partial charge >= 0.3 is 0 Å². The van der Waals surface area contributed by atoms with Crippen molar-refractivity contribution < 1.29 is 4.39 Å². The second kappa shape index (κ2) is 4.86. The predicted octanol–water partition coefficient (Wildman–Crippen LogP) is 4.97. The van der Waals surface area contributed by atoms with Crippen molar-refractivity contribution in [2.45, 2.75) is 4.84 Å². The molecule has 0 bridgehead atoms. The summed E-state index contributed by atoms with van der Waals surface area (Å²) < 4.78 is 12.7. The zero-order valence-electron chi connectivity index (χ0n) is 8.33. The molecular weight excluding hydrogens is 246 g/mol. The Kier molecular flexibility index (Phi) is 3.47. The Hall–Kier alpha value is -1.05. The molecule has 0 aromatic heterocycles. The zero-order valence-corrected chi connectivity index (χ0v) is 9.84. The van der Waals surface area contributed by atoms with Crippen LogP contribution in [0.2, 0.25) is 0 Å². The Labute approximate surface area is 104 Å². The Morgan fingerprint density at radius 3 is 1.62 bits per heavy atom. The molecule has 0 aliphatic carbocycles. The molecule has 0 N–H and O–H groups in total. The van der Waals surface area contributed by atoms with Crippen LogP contribution in [0, 0.1) is 5.82 Å². The Morgan fingerprint density at radius 2 is 1.19 bits per heavy atom. The minimum absolute atomic E-state index is 0.234. The van der Waals surface area contributed by atoms with Gasteiger partial charge in [-0.15, -0.1) is 23.2 Å². The maximum atomic E-state index is 12.7. The molecule has 0 amide bonds. The minimum Gasteiger partial charge on any atom is -0.207 e. The minimum atomic E-state index is -0.512. The van der Waals surface area contributed by atoms with Gasteiger partial charge in [0.2, 0.25) is 0 Å². The van der Waals surface area contributed by atoms with Crippen LogP contribution in [0.4, 0.5) is 4.39 Å². The third kappa shape index (κ3) is 2.55. The van der Waals surface area contributed by atoms with Gasteiger partial charge in [-0.3, -0.25) is 0 Å². The molecule has 0 unspecified atom stereocenters. The van der Waals surface area contributed by atoms with Crippen molar-refractivity contribution in [3.63, 3.8) is 0 Å². The van der Waals surface area contributed by atoms with Gasteiger partial charge in [0, 0.05) is 0 Å². The summed E-state index contributed by atoms with van der Waals surface area (Å²) >= 11 is 11.5. The first-order valence-electron chi connectivity index (χ1n) is 4.81. The lowest BCUT2D eigenvalue weighted by atomic mass is 10.0. The fourth-order valence-electron chi connectivity index (χ4n) is 1.46. The van der Waals surface area contributed by atoms with E-state index in [0.29, 0.717) is 0 Å². The molecule has 0 heterocycles. The van der Waals surface area contributed by atoms with Crippen LogP contribution in [0.15, 0.2) is 48.5 Å². The standard InChI is InChI=1S/C13H9Cl2F/c14-13(15)11-3-1-9(2-4-11)10-5-7-12(16)8-6-10/h1-8,13H. The van der Waals surface area contributed by atoms with E-state index in [2.05, 4.69) is 0 Å². The van der Waals surface area contributed by atoms with Gasteiger partial charge in [0.25, 0.3) is 0 Å². The molecule has 0 spiro atoms. The van der Waals surface area contributed by atoms with Crippen molar-refractivity contribution in [1.82, 2.24) is 0 Å². The molecule has 0 nitrogen and oxygen atoms in total. The van der Waals surface area contributed by atoms with Crippen LogP contribution >= 0.6 is 23.2 Å². The normalized spacial score (nSPS) is 10.8. The van der Waals surface area contributed by atoms with Crippen molar-refractivity contribution in [2.24, 2.45) is 0 Å². The van der Waals surface area contributed by atoms with Gasteiger partial charge in [0.1, 0.15) is 10.7 Å². The summed E-state index contributed by atoms with van der Waals surface area (Å²) in [6, 6.07) is 13.9. The molecule has 2 aromatic rings. The van der Waals surface area contributed by atoms with Crippen molar-refractivity contribution in [2.75, 3.05) is 0 Å². The Balaban J connectivity index is 2.31. The smallest absolute Gasteiger partial charge is 0.132 e. The summed E-state index contributed by atoms with van der Waals surface area (Å²) in [6.45, 7) is 0. The highest BCUT2D eigenvalue weighted by Gasteiger charge is 2.03. The molecule has 2 rings (SSSR count). The third-order valence-electron chi connectivity index (χ3n) is 2.34. The molecule has 0 fully saturated rings. The fourth-order valence-corrected chi connectivity index (χ4v) is 1.75. The molecule has 0 saturated carbocycles. The van der Waals surface area contributed by atoms with E-state index in [1.807, 2.05) is 24.3 Å². The quantitative estimate of drug-likeness (QED) is 0.664. The van der Waals surface area contributed by atoms with Gasteiger partial charge in [0.15, 0.2) is 0 Å². The van der Waals surface area contributed by atoms with Crippen molar-refractivity contribution in [3.05, 3.63) is 59.9 Å². The highest BCUT2D eigenvalue weighted by molar-refractivity contribution is 6.44. The summed E-state index contributed by atoms with van der Waals surface area (Å²) in [6.07, 6.45) is 0. The van der Waals surface area contributed by atoms with Crippen LogP contribution < -0.4 is 0 Å². The Bertz CT molecular complexity index is 460. The number of rotatable bonds is 2. The van der Waals surface area contributed by atoms with E-state index in [4.69, 9.17) is 23.2 Å². The van der Waals surface area contributed by atoms with Crippen LogP contribution in [0.3, 0.4) is 0 Å². The van der Waals surface area contributed by atoms with Crippen LogP contribution in [0.5, 0.6) is 0 Å². The first-order valence-corrected chi connectivity index (χ1v) is 5.68. The lowest BCUT2D eigenvalue weighted by Gasteiger charge is -2.04. The number of alkyl halides is 2. The van der Waals surface area contributed by atoms with E-state index in [-0.39, 0.29) is 5.82 Å². The predicted molar refractivity (Wildman–Crippen MR) is 66.3 cm³/mol. The van der Waals surface area contributed by atoms with Gasteiger partial charge in [0.05, 0.1) is 0 Å². The summed E-state index contributed by atoms with van der Waals surface area (Å²) in [4.78, 5) is -0.512. The average molecular weight is 255 g/mol. The van der Waals surface area contributed by atoms with Gasteiger partial charge in [-0.2, -0.15) is 0 Å². The van der Waals surface area contributed by atoms with E-state index in [9.17, 15) is 4.39 Å². The topological polar surface area (TPSA) is 0 Å². The van der Waals surface area contributed by atoms with Crippen LogP contribution in [0.25, 0.3) is 11.1 Å². The summed E-state index contributed by atoms with van der Waals surface area (Å²) in [5, 5.41) is 0. The van der Waals surface area contributed by atoms with E-state index in [0.717, 1.165) is 16.7 Å². The molecule has 0 saturated heterocycles. The van der Waals surface area contributed by atoms with Crippen LogP contribution in [0.1, 0.15) is 10.4 Å². The van der Waals surface area contributed by atoms with E-state index < -0.39 is 4.84 Å². The number of hydrogen-bond donors (Lipinski definition) is 0. The van der Waals surface area contributed by atoms with Crippen LogP contribution in [-0.2, 0) is 0 Å². The largest absolute Gasteiger partial charge is 0.207 e. The summed E-state index contributed by atoms with van der Waals surface area (Å²) in [7, 11) is 0. The zero-order chi connectivity index (χ0) is 11.5. The van der Waals surface area contributed by atoms with Crippen molar-refractivity contribution >= 4 is 23.2 Å². The third-order valence-corrected chi connectivity index (χ3v) is 2.84. The molecule has 2 aromatic carbocycles. The molecule has 0 radical (unpaired) electrons. The lowest BCUT2D eigenvalue weighted by Crippen LogP contribution is -1.83. The maximum Gasteiger partial charge on any atom is 0.132 e. The molecule has 0 aliphatic heterocycles. The molecule has 16 heavy (non-hydrogen) atoms. The summed E-state index contributed by atoms with van der Waals surface area (Å²) in [5.41, 5.74) is 2.83. The molecule has 3 heteroatoms. The number of hydrogen-bond acceptors (Lipinski definition) is 0. The highest BCUT2D eigenvalue weighted by Crippen LogP contribution is 2.27. The Morgan fingerprint density at radius 1 is 0.750 bits per heavy atom. The van der Waals surface area contributed by atoms with Crippen molar-refractivity contribution in [3.8, 4) is 11.1 Å². The van der Waals surface area contributed by atoms with Gasteiger partial charge < -0.3 is 0 Å². The van der Waals surface area contributed by atoms with Gasteiger partial charge in [-0.1, -0.05) is 36.4 Å². The SMILES string of the molecule is Fc1ccc(-c2ccc(C(Cl)Cl)cc2)cc1. The number of benzene rings is 2. The second-order valence-electron chi connectivity index (χ2n) is 3.43. The number of halogens is 3. The first kappa shape index (κ1) is 11.4. The van der Waals surface area contributed by atoms with Gasteiger partial charge in [-0.25, -0.2) is 4.39 Å². The maximum absolute atomic E-state index is 12.7. The van der Waals surface area contributed by atoms with Crippen LogP contribution in [-0.4, -0.2) is 0 Å². The highest BCUT2D eigenvalue weighted by atomic mass is 35.5. The molecular formula is C13H9Cl2F. The van der Waals surface area contributed by atoms with E-state index in [1.54, 1.807) is 12.1 Å². The molecule has 82 valence electrons. The summed E-state index contributed by atoms with van der Waals surface area (Å²) in [5.74, 6) is -0.234. The van der Waals surface area contributed by atoms with E-state index in [1.165, 1.54) is 12.1 Å². The molecule has 0 aliphatic rings. The first-order chi connectivity index (χ1) is 7.66. The van der Waals surface area contributed by atoms with Crippen molar-refractivity contribution in [1.29, 1.82) is 0 Å². The second-order valence-corrected chi connectivity index (χ2v) is 4.53. The average Bonchev–Trinajstić information content (AvgIpc) is 2.30. The van der Waals surface area contributed by atoms with E-state index >= 15 is 0 Å². The van der Waals surface area contributed by atoms with Gasteiger partial charge in [-0.05, 0) is 28.8 Å². The fraction of sp³-hybridized carbons (Fsp3) is 0.0769.